The minimum absolute atomic E-state index is 0.0877. The summed E-state index contributed by atoms with van der Waals surface area (Å²) in [6.45, 7) is 1.38. The zero-order valence-electron chi connectivity index (χ0n) is 14.9. The highest BCUT2D eigenvalue weighted by atomic mass is 19.1. The van der Waals surface area contributed by atoms with Crippen LogP contribution in [-0.4, -0.2) is 33.0 Å². The number of nitrogens with one attached hydrogen (secondary N) is 2. The smallest absolute Gasteiger partial charge is 0.325 e. The summed E-state index contributed by atoms with van der Waals surface area (Å²) in [7, 11) is 0. The maximum absolute atomic E-state index is 13.4. The molecular formula is C21H16FN3O3. The molecule has 2 aromatic carbocycles. The van der Waals surface area contributed by atoms with Gasteiger partial charge in [-0.05, 0) is 43.3 Å². The summed E-state index contributed by atoms with van der Waals surface area (Å²) in [5.41, 5.74) is 2.81. The van der Waals surface area contributed by atoms with Crippen molar-refractivity contribution in [3.8, 4) is 11.3 Å². The number of hydrogen-bond acceptors (Lipinski definition) is 3. The minimum atomic E-state index is -1.14. The van der Waals surface area contributed by atoms with Crippen molar-refractivity contribution in [2.75, 3.05) is 0 Å². The summed E-state index contributed by atoms with van der Waals surface area (Å²) in [4.78, 5) is 31.4. The highest BCUT2D eigenvalue weighted by molar-refractivity contribution is 6.13. The molecule has 2 aromatic heterocycles. The van der Waals surface area contributed by atoms with Gasteiger partial charge in [-0.1, -0.05) is 18.2 Å². The van der Waals surface area contributed by atoms with E-state index in [1.807, 2.05) is 24.3 Å². The molecule has 0 saturated heterocycles. The first-order chi connectivity index (χ1) is 13.4. The number of nitrogens with zero attached hydrogens (tertiary/aromatic N) is 1. The quantitative estimate of drug-likeness (QED) is 0.505. The van der Waals surface area contributed by atoms with Crippen LogP contribution in [0.3, 0.4) is 0 Å². The first-order valence-electron chi connectivity index (χ1n) is 8.65. The Labute approximate surface area is 159 Å². The van der Waals surface area contributed by atoms with Crippen molar-refractivity contribution in [1.82, 2.24) is 15.3 Å². The predicted octanol–water partition coefficient (Wildman–Crippen LogP) is 3.73. The third-order valence-electron chi connectivity index (χ3n) is 4.56. The molecule has 7 heteroatoms. The number of benzene rings is 2. The molecule has 1 unspecified atom stereocenters. The highest BCUT2D eigenvalue weighted by Gasteiger charge is 2.20. The molecular weight excluding hydrogens is 361 g/mol. The molecule has 3 N–H and O–H groups in total. The zero-order chi connectivity index (χ0) is 19.8. The average Bonchev–Trinajstić information content (AvgIpc) is 3.06. The van der Waals surface area contributed by atoms with E-state index in [0.29, 0.717) is 11.3 Å². The topological polar surface area (TPSA) is 95.1 Å². The van der Waals surface area contributed by atoms with E-state index >= 15 is 0 Å². The van der Waals surface area contributed by atoms with E-state index in [2.05, 4.69) is 15.3 Å². The molecule has 0 aliphatic rings. The maximum Gasteiger partial charge on any atom is 0.325 e. The summed E-state index contributed by atoms with van der Waals surface area (Å²) in [5.74, 6) is -2.11. The van der Waals surface area contributed by atoms with Crippen LogP contribution in [0.4, 0.5) is 4.39 Å². The second-order valence-electron chi connectivity index (χ2n) is 6.49. The lowest BCUT2D eigenvalue weighted by Gasteiger charge is -2.11. The first kappa shape index (κ1) is 17.7. The van der Waals surface area contributed by atoms with Crippen molar-refractivity contribution in [2.45, 2.75) is 13.0 Å². The SMILES string of the molecule is CC(NC(=O)c1cc2c([nH]c3ccccc32)c(-c2ccc(F)cc2)n1)C(=O)O. The molecule has 6 nitrogen and oxygen atoms in total. The molecule has 0 fully saturated rings. The third kappa shape index (κ3) is 3.07. The van der Waals surface area contributed by atoms with Gasteiger partial charge in [0.05, 0.1) is 11.2 Å². The van der Waals surface area contributed by atoms with Crippen LogP contribution in [0, 0.1) is 5.82 Å². The van der Waals surface area contributed by atoms with Gasteiger partial charge in [0.1, 0.15) is 17.6 Å². The Morgan fingerprint density at radius 3 is 2.54 bits per heavy atom. The Kier molecular flexibility index (Phi) is 4.27. The van der Waals surface area contributed by atoms with Gasteiger partial charge in [-0.3, -0.25) is 9.59 Å². The van der Waals surface area contributed by atoms with Crippen LogP contribution in [0.1, 0.15) is 17.4 Å². The van der Waals surface area contributed by atoms with Crippen LogP contribution < -0.4 is 5.32 Å². The van der Waals surface area contributed by atoms with Crippen LogP contribution in [0.2, 0.25) is 0 Å². The van der Waals surface area contributed by atoms with E-state index in [0.717, 1.165) is 21.8 Å². The second-order valence-corrected chi connectivity index (χ2v) is 6.49. The monoisotopic (exact) mass is 377 g/mol. The van der Waals surface area contributed by atoms with Crippen LogP contribution in [0.5, 0.6) is 0 Å². The standard InChI is InChI=1S/C21H16FN3O3/c1-11(21(27)28)23-20(26)17-10-15-14-4-2-3-5-16(14)24-19(15)18(25-17)12-6-8-13(22)9-7-12/h2-11,24H,1H3,(H,23,26)(H,27,28). The minimum Gasteiger partial charge on any atom is -0.480 e. The van der Waals surface area contributed by atoms with Crippen molar-refractivity contribution in [2.24, 2.45) is 0 Å². The largest absolute Gasteiger partial charge is 0.480 e. The van der Waals surface area contributed by atoms with Crippen LogP contribution >= 0.6 is 0 Å². The van der Waals surface area contributed by atoms with Gasteiger partial charge in [0, 0.05) is 21.9 Å². The number of amides is 1. The molecule has 0 aliphatic heterocycles. The Hall–Kier alpha value is -3.74. The van der Waals surface area contributed by atoms with Crippen LogP contribution in [-0.2, 0) is 4.79 Å². The lowest BCUT2D eigenvalue weighted by Crippen LogP contribution is -2.38. The number of carbonyl (C=O) groups is 2. The highest BCUT2D eigenvalue weighted by Crippen LogP contribution is 2.32. The third-order valence-corrected chi connectivity index (χ3v) is 4.56. The number of carbonyl (C=O) groups excluding carboxylic acids is 1. The summed E-state index contributed by atoms with van der Waals surface area (Å²) < 4.78 is 13.4. The Morgan fingerprint density at radius 2 is 1.82 bits per heavy atom. The number of aliphatic carboxylic acids is 1. The van der Waals surface area contributed by atoms with E-state index in [-0.39, 0.29) is 11.5 Å². The molecule has 1 atom stereocenters. The van der Waals surface area contributed by atoms with Gasteiger partial charge in [0.25, 0.3) is 5.91 Å². The molecule has 4 aromatic rings. The van der Waals surface area contributed by atoms with Gasteiger partial charge in [-0.25, -0.2) is 9.37 Å². The van der Waals surface area contributed by atoms with E-state index in [9.17, 15) is 14.0 Å². The van der Waals surface area contributed by atoms with Gasteiger partial charge in [0.2, 0.25) is 0 Å². The van der Waals surface area contributed by atoms with Crippen molar-refractivity contribution < 1.29 is 19.1 Å². The van der Waals surface area contributed by atoms with Crippen molar-refractivity contribution in [3.63, 3.8) is 0 Å². The second kappa shape index (κ2) is 6.77. The van der Waals surface area contributed by atoms with E-state index in [1.165, 1.54) is 19.1 Å². The number of halogens is 1. The fourth-order valence-corrected chi connectivity index (χ4v) is 3.11. The number of pyridine rings is 1. The molecule has 140 valence electrons. The van der Waals surface area contributed by atoms with E-state index in [4.69, 9.17) is 5.11 Å². The number of hydrogen-bond donors (Lipinski definition) is 3. The lowest BCUT2D eigenvalue weighted by molar-refractivity contribution is -0.138. The normalized spacial score (nSPS) is 12.2. The van der Waals surface area contributed by atoms with Gasteiger partial charge >= 0.3 is 5.97 Å². The summed E-state index contributed by atoms with van der Waals surface area (Å²) >= 11 is 0. The number of carboxylic acid groups (broad SMARTS) is 1. The maximum atomic E-state index is 13.4. The van der Waals surface area contributed by atoms with E-state index in [1.54, 1.807) is 18.2 Å². The lowest BCUT2D eigenvalue weighted by atomic mass is 10.1. The molecule has 0 radical (unpaired) electrons. The van der Waals surface area contributed by atoms with Gasteiger partial charge in [0.15, 0.2) is 0 Å². The van der Waals surface area contributed by atoms with Crippen molar-refractivity contribution in [1.29, 1.82) is 0 Å². The Morgan fingerprint density at radius 1 is 1.11 bits per heavy atom. The van der Waals surface area contributed by atoms with Gasteiger partial charge in [-0.2, -0.15) is 0 Å². The molecule has 0 aliphatic carbocycles. The van der Waals surface area contributed by atoms with Crippen LogP contribution in [0.25, 0.3) is 33.1 Å². The number of H-pyrrole nitrogens is 1. The number of para-hydroxylation sites is 1. The molecule has 2 heterocycles. The summed E-state index contributed by atoms with van der Waals surface area (Å²) in [5, 5.41) is 13.1. The number of aromatic nitrogens is 2. The Balaban J connectivity index is 1.94. The summed E-state index contributed by atoms with van der Waals surface area (Å²) in [6, 6.07) is 14.0. The average molecular weight is 377 g/mol. The van der Waals surface area contributed by atoms with Gasteiger partial charge < -0.3 is 15.4 Å². The number of rotatable bonds is 4. The molecule has 0 spiro atoms. The number of carboxylic acids is 1. The molecule has 0 saturated carbocycles. The van der Waals surface area contributed by atoms with Gasteiger partial charge in [-0.15, -0.1) is 0 Å². The number of aromatic amines is 1. The van der Waals surface area contributed by atoms with Crippen molar-refractivity contribution >= 4 is 33.7 Å². The zero-order valence-corrected chi connectivity index (χ0v) is 14.9. The van der Waals surface area contributed by atoms with Crippen LogP contribution in [0.15, 0.2) is 54.6 Å². The fourth-order valence-electron chi connectivity index (χ4n) is 3.11. The number of fused-ring (bicyclic) bond motifs is 3. The predicted molar refractivity (Wildman–Crippen MR) is 104 cm³/mol. The molecule has 28 heavy (non-hydrogen) atoms. The summed E-state index contributed by atoms with van der Waals surface area (Å²) in [6.07, 6.45) is 0. The molecule has 4 rings (SSSR count). The molecule has 0 bridgehead atoms. The molecule has 1 amide bonds. The Bertz CT molecular complexity index is 1220. The van der Waals surface area contributed by atoms with Crippen molar-refractivity contribution in [3.05, 3.63) is 66.1 Å². The first-order valence-corrected chi connectivity index (χ1v) is 8.65. The fraction of sp³-hybridized carbons (Fsp3) is 0.0952. The van der Waals surface area contributed by atoms with E-state index < -0.39 is 17.9 Å².